The summed E-state index contributed by atoms with van der Waals surface area (Å²) >= 11 is 0. The van der Waals surface area contributed by atoms with Gasteiger partial charge in [-0.3, -0.25) is 4.79 Å². The third-order valence-corrected chi connectivity index (χ3v) is 3.87. The number of carbonyl (C=O) groups excluding carboxylic acids is 1. The van der Waals surface area contributed by atoms with Gasteiger partial charge < -0.3 is 15.0 Å². The van der Waals surface area contributed by atoms with Gasteiger partial charge in [0.05, 0.1) is 30.0 Å². The number of nitrogens with zero attached hydrogens (tertiary/aromatic N) is 2. The molecule has 5 heteroatoms. The molecule has 2 aromatic rings. The minimum absolute atomic E-state index is 0.106. The van der Waals surface area contributed by atoms with E-state index in [4.69, 9.17) is 0 Å². The molecule has 1 aliphatic rings. The Morgan fingerprint density at radius 1 is 1.45 bits per heavy atom. The van der Waals surface area contributed by atoms with Gasteiger partial charge in [-0.1, -0.05) is 12.1 Å². The van der Waals surface area contributed by atoms with Crippen molar-refractivity contribution < 1.29 is 9.90 Å². The molecule has 20 heavy (non-hydrogen) atoms. The van der Waals surface area contributed by atoms with Crippen molar-refractivity contribution in [3.8, 4) is 0 Å². The number of ketones is 1. The van der Waals surface area contributed by atoms with E-state index in [-0.39, 0.29) is 11.8 Å². The number of aliphatic hydroxyl groups is 1. The number of para-hydroxylation sites is 2. The maximum Gasteiger partial charge on any atom is 0.154 e. The molecule has 2 N–H and O–H groups in total. The first kappa shape index (κ1) is 13.3. The number of aromatic nitrogens is 2. The molecule has 1 aromatic heterocycles. The van der Waals surface area contributed by atoms with Gasteiger partial charge >= 0.3 is 0 Å². The lowest BCUT2D eigenvalue weighted by Crippen LogP contribution is -2.46. The van der Waals surface area contributed by atoms with Gasteiger partial charge in [-0.15, -0.1) is 0 Å². The number of carbonyl (C=O) groups is 1. The Morgan fingerprint density at radius 3 is 3.15 bits per heavy atom. The van der Waals surface area contributed by atoms with Crippen LogP contribution in [0.2, 0.25) is 0 Å². The van der Waals surface area contributed by atoms with E-state index < -0.39 is 6.10 Å². The lowest BCUT2D eigenvalue weighted by atomic mass is 9.97. The minimum atomic E-state index is -0.410. The van der Waals surface area contributed by atoms with Crippen LogP contribution in [0, 0.1) is 0 Å². The highest BCUT2D eigenvalue weighted by Gasteiger charge is 2.24. The van der Waals surface area contributed by atoms with E-state index >= 15 is 0 Å². The molecule has 0 saturated carbocycles. The predicted octanol–water partition coefficient (Wildman–Crippen LogP) is 1.11. The van der Waals surface area contributed by atoms with Gasteiger partial charge in [0, 0.05) is 12.5 Å². The fraction of sp³-hybridized carbons (Fsp3) is 0.467. The van der Waals surface area contributed by atoms with Crippen LogP contribution in [0.1, 0.15) is 19.3 Å². The van der Waals surface area contributed by atoms with Gasteiger partial charge in [0.2, 0.25) is 0 Å². The Kier molecular flexibility index (Phi) is 3.80. The summed E-state index contributed by atoms with van der Waals surface area (Å²) in [5, 5.41) is 13.1. The fourth-order valence-electron chi connectivity index (χ4n) is 2.78. The van der Waals surface area contributed by atoms with Crippen molar-refractivity contribution >= 4 is 16.8 Å². The zero-order valence-corrected chi connectivity index (χ0v) is 11.3. The molecule has 1 aliphatic heterocycles. The van der Waals surface area contributed by atoms with Gasteiger partial charge in [0.15, 0.2) is 5.78 Å². The van der Waals surface area contributed by atoms with Crippen molar-refractivity contribution in [2.75, 3.05) is 6.54 Å². The summed E-state index contributed by atoms with van der Waals surface area (Å²) in [7, 11) is 0. The van der Waals surface area contributed by atoms with Crippen LogP contribution in [0.15, 0.2) is 30.6 Å². The number of rotatable bonds is 4. The second-order valence-corrected chi connectivity index (χ2v) is 5.37. The van der Waals surface area contributed by atoms with Gasteiger partial charge in [-0.2, -0.15) is 0 Å². The van der Waals surface area contributed by atoms with Crippen molar-refractivity contribution in [3.63, 3.8) is 0 Å². The number of piperidine rings is 1. The average molecular weight is 273 g/mol. The molecule has 2 atom stereocenters. The van der Waals surface area contributed by atoms with Crippen LogP contribution >= 0.6 is 0 Å². The molecule has 5 nitrogen and oxygen atoms in total. The van der Waals surface area contributed by atoms with E-state index in [0.717, 1.165) is 30.4 Å². The summed E-state index contributed by atoms with van der Waals surface area (Å²) in [5.74, 6) is 0.117. The minimum Gasteiger partial charge on any atom is -0.391 e. The van der Waals surface area contributed by atoms with Crippen molar-refractivity contribution in [1.29, 1.82) is 0 Å². The molecule has 2 heterocycles. The number of hydrogen-bond acceptors (Lipinski definition) is 4. The van der Waals surface area contributed by atoms with Crippen LogP contribution in [0.5, 0.6) is 0 Å². The average Bonchev–Trinajstić information content (AvgIpc) is 2.85. The first-order valence-corrected chi connectivity index (χ1v) is 7.07. The van der Waals surface area contributed by atoms with Crippen molar-refractivity contribution in [2.45, 2.75) is 38.0 Å². The second-order valence-electron chi connectivity index (χ2n) is 5.37. The molecule has 0 aliphatic carbocycles. The topological polar surface area (TPSA) is 67.2 Å². The van der Waals surface area contributed by atoms with Crippen molar-refractivity contribution in [2.24, 2.45) is 0 Å². The van der Waals surface area contributed by atoms with E-state index in [1.54, 1.807) is 6.33 Å². The molecule has 0 amide bonds. The third-order valence-electron chi connectivity index (χ3n) is 3.87. The molecule has 0 bridgehead atoms. The lowest BCUT2D eigenvalue weighted by Gasteiger charge is -2.28. The molecule has 0 radical (unpaired) electrons. The van der Waals surface area contributed by atoms with E-state index in [1.165, 1.54) is 0 Å². The molecular weight excluding hydrogens is 254 g/mol. The number of fused-ring (bicyclic) bond motifs is 1. The highest BCUT2D eigenvalue weighted by Crippen LogP contribution is 2.14. The number of hydrogen-bond donors (Lipinski definition) is 2. The lowest BCUT2D eigenvalue weighted by molar-refractivity contribution is -0.121. The molecule has 106 valence electrons. The van der Waals surface area contributed by atoms with E-state index in [2.05, 4.69) is 10.3 Å². The van der Waals surface area contributed by atoms with Gasteiger partial charge in [0.25, 0.3) is 0 Å². The first-order chi connectivity index (χ1) is 9.74. The van der Waals surface area contributed by atoms with Gasteiger partial charge in [-0.05, 0) is 31.5 Å². The van der Waals surface area contributed by atoms with Crippen molar-refractivity contribution in [1.82, 2.24) is 14.9 Å². The van der Waals surface area contributed by atoms with Crippen LogP contribution < -0.4 is 5.32 Å². The fourth-order valence-corrected chi connectivity index (χ4v) is 2.78. The summed E-state index contributed by atoms with van der Waals surface area (Å²) in [6, 6.07) is 7.67. The monoisotopic (exact) mass is 273 g/mol. The Balaban J connectivity index is 1.66. The quantitative estimate of drug-likeness (QED) is 0.875. The highest BCUT2D eigenvalue weighted by atomic mass is 16.3. The third kappa shape index (κ3) is 2.73. The molecule has 1 fully saturated rings. The Labute approximate surface area is 117 Å². The summed E-state index contributed by atoms with van der Waals surface area (Å²) in [6.45, 7) is 1.19. The standard InChI is InChI=1S/C15H19N3O2/c19-11(8-13-15(20)6-3-7-16-13)9-18-10-17-12-4-1-2-5-14(12)18/h1-2,4-5,10,13,15-16,20H,3,6-9H2/t13-,15+/m1/s1. The van der Waals surface area contributed by atoms with Gasteiger partial charge in [0.1, 0.15) is 0 Å². The highest BCUT2D eigenvalue weighted by molar-refractivity contribution is 5.82. The number of nitrogens with one attached hydrogen (secondary N) is 1. The predicted molar refractivity (Wildman–Crippen MR) is 76.4 cm³/mol. The summed E-state index contributed by atoms with van der Waals surface area (Å²) in [5.41, 5.74) is 1.87. The first-order valence-electron chi connectivity index (χ1n) is 7.07. The normalized spacial score (nSPS) is 23.1. The van der Waals surface area contributed by atoms with Crippen LogP contribution in [0.4, 0.5) is 0 Å². The Morgan fingerprint density at radius 2 is 2.30 bits per heavy atom. The van der Waals surface area contributed by atoms with Crippen LogP contribution in [0.25, 0.3) is 11.0 Å². The summed E-state index contributed by atoms with van der Waals surface area (Å²) < 4.78 is 1.87. The molecule has 0 unspecified atom stereocenters. The number of Topliss-reactive ketones (excluding diaryl/α,β-unsaturated/α-hetero) is 1. The summed E-state index contributed by atoms with van der Waals surface area (Å²) in [6.07, 6.45) is 3.41. The van der Waals surface area contributed by atoms with E-state index in [1.807, 2.05) is 28.8 Å². The zero-order chi connectivity index (χ0) is 13.9. The van der Waals surface area contributed by atoms with Gasteiger partial charge in [-0.25, -0.2) is 4.98 Å². The van der Waals surface area contributed by atoms with E-state index in [0.29, 0.717) is 13.0 Å². The Bertz CT molecular complexity index is 608. The SMILES string of the molecule is O=C(C[C@H]1NCCC[C@@H]1O)Cn1cnc2ccccc21. The zero-order valence-electron chi connectivity index (χ0n) is 11.3. The smallest absolute Gasteiger partial charge is 0.154 e. The summed E-state index contributed by atoms with van der Waals surface area (Å²) in [4.78, 5) is 16.4. The van der Waals surface area contributed by atoms with Crippen LogP contribution in [-0.4, -0.2) is 39.1 Å². The number of imidazole rings is 1. The maximum absolute atomic E-state index is 12.2. The van der Waals surface area contributed by atoms with E-state index in [9.17, 15) is 9.90 Å². The number of aliphatic hydroxyl groups excluding tert-OH is 1. The number of benzene rings is 1. The second kappa shape index (κ2) is 5.73. The van der Waals surface area contributed by atoms with Crippen LogP contribution in [-0.2, 0) is 11.3 Å². The van der Waals surface area contributed by atoms with Crippen molar-refractivity contribution in [3.05, 3.63) is 30.6 Å². The maximum atomic E-state index is 12.2. The largest absolute Gasteiger partial charge is 0.391 e. The molecule has 3 rings (SSSR count). The molecule has 1 aromatic carbocycles. The Hall–Kier alpha value is -1.72. The van der Waals surface area contributed by atoms with Crippen LogP contribution in [0.3, 0.4) is 0 Å². The molecule has 0 spiro atoms. The molecular formula is C15H19N3O2. The molecule has 1 saturated heterocycles.